The molecule has 4 heteroatoms. The highest BCUT2D eigenvalue weighted by Gasteiger charge is 2.47. The van der Waals surface area contributed by atoms with Gasteiger partial charge in [0.15, 0.2) is 0 Å². The van der Waals surface area contributed by atoms with Gasteiger partial charge in [0.2, 0.25) is 11.8 Å². The van der Waals surface area contributed by atoms with E-state index in [1.54, 1.807) is 0 Å². The van der Waals surface area contributed by atoms with Crippen LogP contribution in [0.1, 0.15) is 47.0 Å². The Morgan fingerprint density at radius 3 is 2.32 bits per heavy atom. The second-order valence-electron chi connectivity index (χ2n) is 6.73. The molecular formula is C15H26N2O2. The molecule has 1 N–H and O–H groups in total. The fraction of sp³-hybridized carbons (Fsp3) is 0.867. The summed E-state index contributed by atoms with van der Waals surface area (Å²) < 4.78 is 0. The number of amides is 2. The predicted molar refractivity (Wildman–Crippen MR) is 74.4 cm³/mol. The van der Waals surface area contributed by atoms with Crippen LogP contribution in [0.25, 0.3) is 0 Å². The van der Waals surface area contributed by atoms with E-state index in [1.807, 2.05) is 18.7 Å². The first-order valence-corrected chi connectivity index (χ1v) is 7.52. The molecule has 1 saturated carbocycles. The third-order valence-electron chi connectivity index (χ3n) is 4.12. The van der Waals surface area contributed by atoms with E-state index in [4.69, 9.17) is 0 Å². The lowest BCUT2D eigenvalue weighted by atomic mass is 9.94. The fourth-order valence-electron chi connectivity index (χ4n) is 2.82. The molecule has 0 spiro atoms. The minimum Gasteiger partial charge on any atom is -0.342 e. The molecule has 2 atom stereocenters. The molecule has 19 heavy (non-hydrogen) atoms. The number of nitrogens with zero attached hydrogens (tertiary/aromatic N) is 1. The molecule has 2 aliphatic rings. The lowest BCUT2D eigenvalue weighted by Crippen LogP contribution is -2.65. The van der Waals surface area contributed by atoms with Crippen molar-refractivity contribution < 1.29 is 9.59 Å². The summed E-state index contributed by atoms with van der Waals surface area (Å²) in [6, 6.07) is -0.545. The third-order valence-corrected chi connectivity index (χ3v) is 4.12. The maximum absolute atomic E-state index is 12.6. The Kier molecular flexibility index (Phi) is 4.16. The molecule has 0 aromatic carbocycles. The van der Waals surface area contributed by atoms with Gasteiger partial charge in [0.1, 0.15) is 12.1 Å². The summed E-state index contributed by atoms with van der Waals surface area (Å²) in [5.41, 5.74) is 0. The highest BCUT2D eigenvalue weighted by molar-refractivity contribution is 5.97. The lowest BCUT2D eigenvalue weighted by Gasteiger charge is -2.41. The van der Waals surface area contributed by atoms with Crippen LogP contribution in [-0.2, 0) is 9.59 Å². The van der Waals surface area contributed by atoms with Gasteiger partial charge < -0.3 is 10.2 Å². The number of carbonyl (C=O) groups is 2. The van der Waals surface area contributed by atoms with E-state index in [-0.39, 0.29) is 29.8 Å². The Hall–Kier alpha value is -1.06. The van der Waals surface area contributed by atoms with Crippen LogP contribution in [0.4, 0.5) is 0 Å². The summed E-state index contributed by atoms with van der Waals surface area (Å²) in [6.07, 6.45) is 3.10. The first-order valence-electron chi connectivity index (χ1n) is 7.52. The van der Waals surface area contributed by atoms with Crippen LogP contribution in [0.15, 0.2) is 0 Å². The summed E-state index contributed by atoms with van der Waals surface area (Å²) in [5, 5.41) is 2.95. The smallest absolute Gasteiger partial charge is 0.246 e. The Balaban J connectivity index is 2.14. The summed E-state index contributed by atoms with van der Waals surface area (Å²) in [7, 11) is 0. The largest absolute Gasteiger partial charge is 0.342 e. The molecule has 0 bridgehead atoms. The summed E-state index contributed by atoms with van der Waals surface area (Å²) >= 11 is 0. The molecule has 0 aromatic rings. The van der Waals surface area contributed by atoms with E-state index in [9.17, 15) is 9.59 Å². The zero-order valence-corrected chi connectivity index (χ0v) is 12.5. The highest BCUT2D eigenvalue weighted by atomic mass is 16.2. The van der Waals surface area contributed by atoms with E-state index in [0.29, 0.717) is 18.4 Å². The van der Waals surface area contributed by atoms with Crippen LogP contribution in [0.2, 0.25) is 0 Å². The van der Waals surface area contributed by atoms with E-state index in [0.717, 1.165) is 19.3 Å². The molecule has 1 aliphatic carbocycles. The number of rotatable bonds is 5. The van der Waals surface area contributed by atoms with Crippen LogP contribution >= 0.6 is 0 Å². The fourth-order valence-corrected chi connectivity index (χ4v) is 2.82. The van der Waals surface area contributed by atoms with Crippen molar-refractivity contribution in [2.75, 3.05) is 6.54 Å². The van der Waals surface area contributed by atoms with Gasteiger partial charge in [-0.3, -0.25) is 9.59 Å². The molecule has 2 unspecified atom stereocenters. The molecule has 0 aromatic heterocycles. The molecule has 1 aliphatic heterocycles. The van der Waals surface area contributed by atoms with Gasteiger partial charge in [0.05, 0.1) is 0 Å². The minimum atomic E-state index is -0.291. The molecule has 1 saturated heterocycles. The van der Waals surface area contributed by atoms with Crippen molar-refractivity contribution in [1.82, 2.24) is 10.2 Å². The standard InChI is InChI=1S/C15H26N2O2/c1-9(2)7-8-17-13(10(3)4)14(18)16-12(15(17)19)11-5-6-11/h9-13H,5-8H2,1-4H3,(H,16,18). The molecule has 1 heterocycles. The Bertz CT molecular complexity index is 361. The molecule has 2 fully saturated rings. The zero-order chi connectivity index (χ0) is 14.2. The maximum Gasteiger partial charge on any atom is 0.246 e. The van der Waals surface area contributed by atoms with Gasteiger partial charge in [0.25, 0.3) is 0 Å². The van der Waals surface area contributed by atoms with Crippen molar-refractivity contribution in [3.63, 3.8) is 0 Å². The van der Waals surface area contributed by atoms with Gasteiger partial charge >= 0.3 is 0 Å². The molecule has 4 nitrogen and oxygen atoms in total. The Morgan fingerprint density at radius 1 is 1.21 bits per heavy atom. The van der Waals surface area contributed by atoms with Crippen LogP contribution in [0, 0.1) is 17.8 Å². The number of carbonyl (C=O) groups excluding carboxylic acids is 2. The van der Waals surface area contributed by atoms with Crippen molar-refractivity contribution >= 4 is 11.8 Å². The summed E-state index contributed by atoms with van der Waals surface area (Å²) in [6.45, 7) is 9.03. The maximum atomic E-state index is 12.6. The second kappa shape index (κ2) is 5.51. The monoisotopic (exact) mass is 266 g/mol. The topological polar surface area (TPSA) is 49.4 Å². The molecular weight excluding hydrogens is 240 g/mol. The Morgan fingerprint density at radius 2 is 1.84 bits per heavy atom. The van der Waals surface area contributed by atoms with Gasteiger partial charge in [-0.1, -0.05) is 27.7 Å². The number of hydrogen-bond acceptors (Lipinski definition) is 2. The van der Waals surface area contributed by atoms with Crippen molar-refractivity contribution in [1.29, 1.82) is 0 Å². The summed E-state index contributed by atoms with van der Waals surface area (Å²) in [4.78, 5) is 26.7. The average Bonchev–Trinajstić information content (AvgIpc) is 3.12. The van der Waals surface area contributed by atoms with Gasteiger partial charge in [-0.15, -0.1) is 0 Å². The normalized spacial score (nSPS) is 28.2. The van der Waals surface area contributed by atoms with E-state index >= 15 is 0 Å². The van der Waals surface area contributed by atoms with Crippen molar-refractivity contribution in [2.45, 2.75) is 59.0 Å². The third kappa shape index (κ3) is 3.10. The summed E-state index contributed by atoms with van der Waals surface area (Å²) in [5.74, 6) is 1.27. The second-order valence-corrected chi connectivity index (χ2v) is 6.73. The average molecular weight is 266 g/mol. The first-order chi connectivity index (χ1) is 8.91. The quantitative estimate of drug-likeness (QED) is 0.825. The molecule has 108 valence electrons. The van der Waals surface area contributed by atoms with Crippen LogP contribution < -0.4 is 5.32 Å². The lowest BCUT2D eigenvalue weighted by molar-refractivity contribution is -0.152. The molecule has 2 rings (SSSR count). The van der Waals surface area contributed by atoms with Crippen molar-refractivity contribution in [3.05, 3.63) is 0 Å². The molecule has 2 amide bonds. The number of nitrogens with one attached hydrogen (secondary N) is 1. The van der Waals surface area contributed by atoms with Gasteiger partial charge in [0, 0.05) is 6.54 Å². The minimum absolute atomic E-state index is 0.0373. The highest BCUT2D eigenvalue weighted by Crippen LogP contribution is 2.35. The van der Waals surface area contributed by atoms with E-state index in [1.165, 1.54) is 0 Å². The van der Waals surface area contributed by atoms with Gasteiger partial charge in [-0.05, 0) is 37.0 Å². The SMILES string of the molecule is CC(C)CCN1C(=O)C(C2CC2)NC(=O)C1C(C)C. The van der Waals surface area contributed by atoms with Crippen molar-refractivity contribution in [2.24, 2.45) is 17.8 Å². The number of piperazine rings is 1. The van der Waals surface area contributed by atoms with Crippen LogP contribution in [-0.4, -0.2) is 35.3 Å². The van der Waals surface area contributed by atoms with Crippen molar-refractivity contribution in [3.8, 4) is 0 Å². The number of hydrogen-bond donors (Lipinski definition) is 1. The first kappa shape index (κ1) is 14.4. The van der Waals surface area contributed by atoms with Gasteiger partial charge in [-0.2, -0.15) is 0 Å². The zero-order valence-electron chi connectivity index (χ0n) is 12.5. The Labute approximate surface area is 115 Å². The van der Waals surface area contributed by atoms with Gasteiger partial charge in [-0.25, -0.2) is 0 Å². The predicted octanol–water partition coefficient (Wildman–Crippen LogP) is 1.79. The molecule has 0 radical (unpaired) electrons. The van der Waals surface area contributed by atoms with Crippen LogP contribution in [0.3, 0.4) is 0 Å². The van der Waals surface area contributed by atoms with E-state index < -0.39 is 0 Å². The van der Waals surface area contributed by atoms with Crippen LogP contribution in [0.5, 0.6) is 0 Å². The van der Waals surface area contributed by atoms with E-state index in [2.05, 4.69) is 19.2 Å².